The number of halogens is 1. The Hall–Kier alpha value is -0.380. The first-order chi connectivity index (χ1) is 6.24. The van der Waals surface area contributed by atoms with E-state index in [1.54, 1.807) is 0 Å². The fourth-order valence-corrected chi connectivity index (χ4v) is 2.42. The predicted octanol–water partition coefficient (Wildman–Crippen LogP) is 1.63. The van der Waals surface area contributed by atoms with Gasteiger partial charge < -0.3 is 10.4 Å². The normalized spacial score (nSPS) is 26.1. The Morgan fingerprint density at radius 1 is 1.54 bits per heavy atom. The highest BCUT2D eigenvalue weighted by molar-refractivity contribution is 9.10. The lowest BCUT2D eigenvalue weighted by Gasteiger charge is -2.12. The molecule has 0 bridgehead atoms. The van der Waals surface area contributed by atoms with Gasteiger partial charge in [0, 0.05) is 10.5 Å². The van der Waals surface area contributed by atoms with E-state index in [1.165, 1.54) is 5.56 Å². The van der Waals surface area contributed by atoms with Crippen molar-refractivity contribution in [2.75, 3.05) is 7.05 Å². The first-order valence-electron chi connectivity index (χ1n) is 4.36. The van der Waals surface area contributed by atoms with Gasteiger partial charge in [0.15, 0.2) is 0 Å². The van der Waals surface area contributed by atoms with Crippen molar-refractivity contribution >= 4 is 15.9 Å². The Kier molecular flexibility index (Phi) is 2.41. The lowest BCUT2D eigenvalue weighted by Crippen LogP contribution is -2.29. The van der Waals surface area contributed by atoms with Crippen LogP contribution in [0, 0.1) is 0 Å². The molecule has 2 N–H and O–H groups in total. The van der Waals surface area contributed by atoms with E-state index in [-0.39, 0.29) is 12.1 Å². The molecule has 0 aromatic heterocycles. The number of likely N-dealkylation sites (N-methyl/N-ethyl adjacent to an activating group) is 1. The Bertz CT molecular complexity index is 327. The van der Waals surface area contributed by atoms with Gasteiger partial charge in [0.05, 0.1) is 6.10 Å². The number of aliphatic hydroxyl groups is 1. The maximum Gasteiger partial charge on any atom is 0.0949 e. The molecule has 1 aliphatic rings. The van der Waals surface area contributed by atoms with Gasteiger partial charge in [-0.05, 0) is 30.7 Å². The molecule has 70 valence electrons. The number of hydrogen-bond acceptors (Lipinski definition) is 2. The van der Waals surface area contributed by atoms with Crippen molar-refractivity contribution < 1.29 is 5.11 Å². The van der Waals surface area contributed by atoms with Crippen LogP contribution in [0.25, 0.3) is 0 Å². The lowest BCUT2D eigenvalue weighted by molar-refractivity contribution is 0.146. The summed E-state index contributed by atoms with van der Waals surface area (Å²) >= 11 is 3.49. The Balaban J connectivity index is 2.43. The summed E-state index contributed by atoms with van der Waals surface area (Å²) in [5.41, 5.74) is 2.28. The van der Waals surface area contributed by atoms with E-state index in [4.69, 9.17) is 0 Å². The van der Waals surface area contributed by atoms with Gasteiger partial charge >= 0.3 is 0 Å². The van der Waals surface area contributed by atoms with Crippen LogP contribution in [0.2, 0.25) is 0 Å². The maximum absolute atomic E-state index is 9.88. The molecule has 0 saturated carbocycles. The third kappa shape index (κ3) is 1.41. The third-order valence-corrected chi connectivity index (χ3v) is 3.39. The summed E-state index contributed by atoms with van der Waals surface area (Å²) < 4.78 is 1.10. The average Bonchev–Trinajstić information content (AvgIpc) is 2.45. The summed E-state index contributed by atoms with van der Waals surface area (Å²) in [4.78, 5) is 0. The lowest BCUT2D eigenvalue weighted by atomic mass is 10.1. The maximum atomic E-state index is 9.88. The van der Waals surface area contributed by atoms with E-state index >= 15 is 0 Å². The van der Waals surface area contributed by atoms with Gasteiger partial charge in [0.25, 0.3) is 0 Å². The van der Waals surface area contributed by atoms with Crippen LogP contribution < -0.4 is 5.32 Å². The molecule has 2 unspecified atom stereocenters. The molecule has 2 nitrogen and oxygen atoms in total. The first kappa shape index (κ1) is 9.19. The fraction of sp³-hybridized carbons (Fsp3) is 0.400. The molecule has 3 heteroatoms. The van der Waals surface area contributed by atoms with Crippen LogP contribution in [-0.2, 0) is 6.42 Å². The minimum absolute atomic E-state index is 0.161. The number of fused-ring (bicyclic) bond motifs is 1. The van der Waals surface area contributed by atoms with Gasteiger partial charge in [-0.15, -0.1) is 0 Å². The molecule has 0 amide bonds. The monoisotopic (exact) mass is 241 g/mol. The van der Waals surface area contributed by atoms with E-state index in [9.17, 15) is 5.11 Å². The molecule has 0 spiro atoms. The molecule has 2 rings (SSSR count). The summed E-state index contributed by atoms with van der Waals surface area (Å²) in [5.74, 6) is 0. The van der Waals surface area contributed by atoms with Crippen molar-refractivity contribution in [1.82, 2.24) is 5.32 Å². The van der Waals surface area contributed by atoms with E-state index in [2.05, 4.69) is 21.2 Å². The number of benzene rings is 1. The van der Waals surface area contributed by atoms with Crippen LogP contribution in [0.3, 0.4) is 0 Å². The zero-order chi connectivity index (χ0) is 9.42. The standard InChI is InChI=1S/C10H12BrNO/c1-12-9-5-7-6(10(9)13)3-2-4-8(7)11/h2-4,9-10,12-13H,5H2,1H3. The highest BCUT2D eigenvalue weighted by Gasteiger charge is 2.30. The quantitative estimate of drug-likeness (QED) is 0.784. The van der Waals surface area contributed by atoms with Crippen molar-refractivity contribution in [2.45, 2.75) is 18.6 Å². The summed E-state index contributed by atoms with van der Waals surface area (Å²) in [6.45, 7) is 0. The Labute approximate surface area is 86.1 Å². The number of nitrogens with one attached hydrogen (secondary N) is 1. The van der Waals surface area contributed by atoms with Crippen molar-refractivity contribution in [2.24, 2.45) is 0 Å². The highest BCUT2D eigenvalue weighted by Crippen LogP contribution is 2.35. The van der Waals surface area contributed by atoms with Crippen LogP contribution in [0.15, 0.2) is 22.7 Å². The first-order valence-corrected chi connectivity index (χ1v) is 5.16. The number of aliphatic hydroxyl groups excluding tert-OH is 1. The summed E-state index contributed by atoms with van der Waals surface area (Å²) in [7, 11) is 1.88. The van der Waals surface area contributed by atoms with E-state index < -0.39 is 0 Å². The molecule has 0 aliphatic heterocycles. The van der Waals surface area contributed by atoms with Crippen LogP contribution in [0.4, 0.5) is 0 Å². The minimum atomic E-state index is -0.363. The predicted molar refractivity (Wildman–Crippen MR) is 55.7 cm³/mol. The number of hydrogen-bond donors (Lipinski definition) is 2. The fourth-order valence-electron chi connectivity index (χ4n) is 1.88. The molecule has 13 heavy (non-hydrogen) atoms. The van der Waals surface area contributed by atoms with Gasteiger partial charge in [-0.2, -0.15) is 0 Å². The van der Waals surface area contributed by atoms with Crippen molar-refractivity contribution in [3.05, 3.63) is 33.8 Å². The molecule has 1 aromatic carbocycles. The third-order valence-electron chi connectivity index (χ3n) is 2.65. The average molecular weight is 242 g/mol. The molecule has 1 aliphatic carbocycles. The second-order valence-corrected chi connectivity index (χ2v) is 4.21. The minimum Gasteiger partial charge on any atom is -0.387 e. The van der Waals surface area contributed by atoms with E-state index in [1.807, 2.05) is 25.2 Å². The highest BCUT2D eigenvalue weighted by atomic mass is 79.9. The van der Waals surface area contributed by atoms with Crippen LogP contribution in [-0.4, -0.2) is 18.2 Å². The van der Waals surface area contributed by atoms with Crippen LogP contribution >= 0.6 is 15.9 Å². The van der Waals surface area contributed by atoms with Gasteiger partial charge in [-0.25, -0.2) is 0 Å². The van der Waals surface area contributed by atoms with Crippen molar-refractivity contribution in [1.29, 1.82) is 0 Å². The SMILES string of the molecule is CNC1Cc2c(Br)cccc2C1O. The summed E-state index contributed by atoms with van der Waals surface area (Å²) in [6, 6.07) is 6.13. The Morgan fingerprint density at radius 2 is 2.31 bits per heavy atom. The molecule has 0 heterocycles. The summed E-state index contributed by atoms with van der Waals surface area (Å²) in [6.07, 6.45) is 0.534. The van der Waals surface area contributed by atoms with Gasteiger partial charge in [-0.1, -0.05) is 28.1 Å². The topological polar surface area (TPSA) is 32.3 Å². The van der Waals surface area contributed by atoms with Gasteiger partial charge in [0.1, 0.15) is 0 Å². The van der Waals surface area contributed by atoms with Crippen molar-refractivity contribution in [3.63, 3.8) is 0 Å². The van der Waals surface area contributed by atoms with Crippen LogP contribution in [0.1, 0.15) is 17.2 Å². The molecular formula is C10H12BrNO. The smallest absolute Gasteiger partial charge is 0.0949 e. The van der Waals surface area contributed by atoms with E-state index in [0.717, 1.165) is 16.5 Å². The molecule has 0 radical (unpaired) electrons. The van der Waals surface area contributed by atoms with Crippen molar-refractivity contribution in [3.8, 4) is 0 Å². The molecule has 1 aromatic rings. The second-order valence-electron chi connectivity index (χ2n) is 3.35. The zero-order valence-corrected chi connectivity index (χ0v) is 9.01. The molecule has 2 atom stereocenters. The largest absolute Gasteiger partial charge is 0.387 e. The molecule has 0 saturated heterocycles. The van der Waals surface area contributed by atoms with Crippen LogP contribution in [0.5, 0.6) is 0 Å². The van der Waals surface area contributed by atoms with Gasteiger partial charge in [-0.3, -0.25) is 0 Å². The van der Waals surface area contributed by atoms with Gasteiger partial charge in [0.2, 0.25) is 0 Å². The molecule has 0 fully saturated rings. The Morgan fingerprint density at radius 3 is 2.92 bits per heavy atom. The molecular weight excluding hydrogens is 230 g/mol. The number of rotatable bonds is 1. The van der Waals surface area contributed by atoms with E-state index in [0.29, 0.717) is 0 Å². The second kappa shape index (κ2) is 3.40. The zero-order valence-electron chi connectivity index (χ0n) is 7.42. The summed E-state index contributed by atoms with van der Waals surface area (Å²) in [5, 5.41) is 13.0.